The predicted octanol–water partition coefficient (Wildman–Crippen LogP) is 2.85. The third kappa shape index (κ3) is 2.74. The highest BCUT2D eigenvalue weighted by atomic mass is 32.1. The van der Waals surface area contributed by atoms with Crippen LogP contribution in [0.25, 0.3) is 6.08 Å². The summed E-state index contributed by atoms with van der Waals surface area (Å²) >= 11 is 4.10. The van der Waals surface area contributed by atoms with E-state index in [2.05, 4.69) is 12.6 Å². The Morgan fingerprint density at radius 3 is 2.54 bits per heavy atom. The van der Waals surface area contributed by atoms with Gasteiger partial charge in [-0.15, -0.1) is 12.6 Å². The Morgan fingerprint density at radius 1 is 1.38 bits per heavy atom. The number of rotatable bonds is 2. The van der Waals surface area contributed by atoms with E-state index in [1.807, 2.05) is 31.2 Å². The van der Waals surface area contributed by atoms with Crippen molar-refractivity contribution in [3.8, 4) is 0 Å². The Labute approximate surface area is 83.9 Å². The molecule has 68 valence electrons. The smallest absolute Gasteiger partial charge is 0.165 e. The van der Waals surface area contributed by atoms with Gasteiger partial charge in [0.1, 0.15) is 0 Å². The molecule has 1 rings (SSSR count). The molecule has 0 aliphatic rings. The lowest BCUT2D eigenvalue weighted by atomic mass is 10.1. The zero-order valence-corrected chi connectivity index (χ0v) is 8.64. The fourth-order valence-electron chi connectivity index (χ4n) is 0.998. The number of benzene rings is 1. The summed E-state index contributed by atoms with van der Waals surface area (Å²) in [5, 5.41) is 0. The van der Waals surface area contributed by atoms with Gasteiger partial charge >= 0.3 is 0 Å². The summed E-state index contributed by atoms with van der Waals surface area (Å²) in [6.45, 7) is 3.52. The molecule has 1 nitrogen and oxygen atoms in total. The number of carbonyl (C=O) groups excluding carboxylic acids is 1. The van der Waals surface area contributed by atoms with Gasteiger partial charge in [-0.3, -0.25) is 4.79 Å². The molecule has 0 aliphatic heterocycles. The maximum absolute atomic E-state index is 10.9. The predicted molar refractivity (Wildman–Crippen MR) is 58.8 cm³/mol. The first-order valence-corrected chi connectivity index (χ1v) is 4.53. The Kier molecular flexibility index (Phi) is 3.32. The van der Waals surface area contributed by atoms with Gasteiger partial charge in [0.15, 0.2) is 5.78 Å². The summed E-state index contributed by atoms with van der Waals surface area (Å²) in [6.07, 6.45) is 1.79. The summed E-state index contributed by atoms with van der Waals surface area (Å²) in [6, 6.07) is 7.89. The molecule has 0 saturated heterocycles. The molecule has 0 unspecified atom stereocenters. The third-order valence-corrected chi connectivity index (χ3v) is 2.29. The zero-order valence-electron chi connectivity index (χ0n) is 7.74. The lowest BCUT2D eigenvalue weighted by molar-refractivity contribution is -0.112. The van der Waals surface area contributed by atoms with E-state index < -0.39 is 0 Å². The van der Waals surface area contributed by atoms with Crippen LogP contribution < -0.4 is 0 Å². The molecule has 0 N–H and O–H groups in total. The second-order valence-electron chi connectivity index (χ2n) is 2.94. The van der Waals surface area contributed by atoms with E-state index in [0.717, 1.165) is 11.1 Å². The van der Waals surface area contributed by atoms with E-state index >= 15 is 0 Å². The first-order valence-electron chi connectivity index (χ1n) is 4.08. The van der Waals surface area contributed by atoms with Gasteiger partial charge in [-0.1, -0.05) is 24.3 Å². The van der Waals surface area contributed by atoms with E-state index in [1.165, 1.54) is 6.92 Å². The molecule has 0 atom stereocenters. The van der Waals surface area contributed by atoms with Gasteiger partial charge < -0.3 is 0 Å². The van der Waals surface area contributed by atoms with E-state index in [9.17, 15) is 4.79 Å². The van der Waals surface area contributed by atoms with Crippen LogP contribution in [0.4, 0.5) is 0 Å². The summed E-state index contributed by atoms with van der Waals surface area (Å²) < 4.78 is 0. The largest absolute Gasteiger partial charge is 0.294 e. The molecule has 1 aromatic rings. The van der Waals surface area contributed by atoms with Crippen LogP contribution in [0.2, 0.25) is 0 Å². The normalized spacial score (nSPS) is 11.5. The van der Waals surface area contributed by atoms with Crippen LogP contribution in [0, 0.1) is 6.92 Å². The van der Waals surface area contributed by atoms with Crippen LogP contribution in [0.15, 0.2) is 29.2 Å². The van der Waals surface area contributed by atoms with Crippen molar-refractivity contribution in [2.75, 3.05) is 0 Å². The topological polar surface area (TPSA) is 17.1 Å². The molecule has 0 fully saturated rings. The standard InChI is InChI=1S/C11H12OS/c1-8-5-3-4-6-10(8)7-11(13)9(2)12/h3-7,13H,1-2H3/b11-7-. The van der Waals surface area contributed by atoms with E-state index in [-0.39, 0.29) is 5.78 Å². The molecule has 1 aromatic carbocycles. The number of thiol groups is 1. The van der Waals surface area contributed by atoms with Crippen molar-refractivity contribution in [3.05, 3.63) is 40.3 Å². The van der Waals surface area contributed by atoms with Crippen LogP contribution in [0.3, 0.4) is 0 Å². The van der Waals surface area contributed by atoms with Crippen molar-refractivity contribution >= 4 is 24.5 Å². The lowest BCUT2D eigenvalue weighted by Gasteiger charge is -1.99. The van der Waals surface area contributed by atoms with Crippen LogP contribution in [0.5, 0.6) is 0 Å². The third-order valence-electron chi connectivity index (χ3n) is 1.84. The maximum atomic E-state index is 10.9. The average Bonchev–Trinajstić information content (AvgIpc) is 2.08. The highest BCUT2D eigenvalue weighted by molar-refractivity contribution is 7.85. The number of ketones is 1. The minimum absolute atomic E-state index is 0.00779. The Hall–Kier alpha value is -1.02. The van der Waals surface area contributed by atoms with E-state index in [0.29, 0.717) is 4.91 Å². The first kappa shape index (κ1) is 10.1. The van der Waals surface area contributed by atoms with Gasteiger partial charge in [0.2, 0.25) is 0 Å². The van der Waals surface area contributed by atoms with E-state index in [4.69, 9.17) is 0 Å². The molecule has 0 bridgehead atoms. The van der Waals surface area contributed by atoms with Crippen molar-refractivity contribution in [1.82, 2.24) is 0 Å². The van der Waals surface area contributed by atoms with Gasteiger partial charge in [-0.2, -0.15) is 0 Å². The molecule has 0 radical (unpaired) electrons. The molecular formula is C11H12OS. The SMILES string of the molecule is CC(=O)/C(S)=C/c1ccccc1C. The van der Waals surface area contributed by atoms with Gasteiger partial charge in [0, 0.05) is 4.91 Å². The quantitative estimate of drug-likeness (QED) is 0.563. The van der Waals surface area contributed by atoms with Crippen molar-refractivity contribution < 1.29 is 4.79 Å². The van der Waals surface area contributed by atoms with E-state index in [1.54, 1.807) is 6.08 Å². The second kappa shape index (κ2) is 4.28. The summed E-state index contributed by atoms with van der Waals surface area (Å²) in [7, 11) is 0. The maximum Gasteiger partial charge on any atom is 0.165 e. The minimum atomic E-state index is -0.00779. The number of Topliss-reactive ketones (excluding diaryl/α,β-unsaturated/α-hetero) is 1. The van der Waals surface area contributed by atoms with Crippen molar-refractivity contribution in [2.24, 2.45) is 0 Å². The molecule has 0 heterocycles. The fourth-order valence-corrected chi connectivity index (χ4v) is 1.14. The fraction of sp³-hybridized carbons (Fsp3) is 0.182. The van der Waals surface area contributed by atoms with Gasteiger partial charge in [-0.25, -0.2) is 0 Å². The molecule has 0 aromatic heterocycles. The molecule has 0 amide bonds. The van der Waals surface area contributed by atoms with Gasteiger partial charge in [0.05, 0.1) is 0 Å². The van der Waals surface area contributed by atoms with Crippen molar-refractivity contribution in [2.45, 2.75) is 13.8 Å². The Morgan fingerprint density at radius 2 is 2.00 bits per heavy atom. The lowest BCUT2D eigenvalue weighted by Crippen LogP contribution is -1.89. The number of hydrogen-bond donors (Lipinski definition) is 1. The average molecular weight is 192 g/mol. The monoisotopic (exact) mass is 192 g/mol. The van der Waals surface area contributed by atoms with Crippen LogP contribution >= 0.6 is 12.6 Å². The van der Waals surface area contributed by atoms with Crippen LogP contribution in [-0.4, -0.2) is 5.78 Å². The first-order chi connectivity index (χ1) is 6.11. The molecule has 2 heteroatoms. The highest BCUT2D eigenvalue weighted by Gasteiger charge is 1.98. The zero-order chi connectivity index (χ0) is 9.84. The Balaban J connectivity index is 3.04. The number of aryl methyl sites for hydroxylation is 1. The molecule has 0 aliphatic carbocycles. The minimum Gasteiger partial charge on any atom is -0.294 e. The number of carbonyl (C=O) groups is 1. The van der Waals surface area contributed by atoms with Crippen LogP contribution in [0.1, 0.15) is 18.1 Å². The molecular weight excluding hydrogens is 180 g/mol. The van der Waals surface area contributed by atoms with Crippen molar-refractivity contribution in [1.29, 1.82) is 0 Å². The number of allylic oxidation sites excluding steroid dienone is 1. The van der Waals surface area contributed by atoms with Crippen LogP contribution in [-0.2, 0) is 4.79 Å². The van der Waals surface area contributed by atoms with Gasteiger partial charge in [0.25, 0.3) is 0 Å². The molecule has 0 spiro atoms. The summed E-state index contributed by atoms with van der Waals surface area (Å²) in [5.74, 6) is -0.00779. The molecule has 13 heavy (non-hydrogen) atoms. The second-order valence-corrected chi connectivity index (χ2v) is 3.42. The van der Waals surface area contributed by atoms with Crippen molar-refractivity contribution in [3.63, 3.8) is 0 Å². The van der Waals surface area contributed by atoms with Gasteiger partial charge in [-0.05, 0) is 31.1 Å². The number of hydrogen-bond acceptors (Lipinski definition) is 2. The molecule has 0 saturated carbocycles. The Bertz CT molecular complexity index is 353. The highest BCUT2D eigenvalue weighted by Crippen LogP contribution is 2.14. The summed E-state index contributed by atoms with van der Waals surface area (Å²) in [4.78, 5) is 11.4. The summed E-state index contributed by atoms with van der Waals surface area (Å²) in [5.41, 5.74) is 2.19.